The Balaban J connectivity index is 1.44. The van der Waals surface area contributed by atoms with Crippen molar-refractivity contribution >= 4 is 16.7 Å². The summed E-state index contributed by atoms with van der Waals surface area (Å²) >= 11 is 0. The number of fused-ring (bicyclic) bond motifs is 1. The minimum absolute atomic E-state index is 0.504. The van der Waals surface area contributed by atoms with Gasteiger partial charge in [-0.3, -0.25) is 0 Å². The number of aryl methyl sites for hydroxylation is 2. The predicted octanol–water partition coefficient (Wildman–Crippen LogP) is 6.28. The summed E-state index contributed by atoms with van der Waals surface area (Å²) in [6.07, 6.45) is 2.37. The minimum Gasteiger partial charge on any atom is -0.492 e. The van der Waals surface area contributed by atoms with Gasteiger partial charge in [-0.15, -0.1) is 0 Å². The molecule has 4 heteroatoms. The Kier molecular flexibility index (Phi) is 5.29. The lowest BCUT2D eigenvalue weighted by Gasteiger charge is -2.13. The summed E-state index contributed by atoms with van der Waals surface area (Å²) < 4.78 is 5.84. The number of para-hydroxylation sites is 1. The van der Waals surface area contributed by atoms with Crippen molar-refractivity contribution in [2.24, 2.45) is 0 Å². The van der Waals surface area contributed by atoms with Gasteiger partial charge in [0, 0.05) is 11.3 Å². The largest absolute Gasteiger partial charge is 0.492 e. The molecule has 0 unspecified atom stereocenters. The molecule has 0 aliphatic heterocycles. The Morgan fingerprint density at radius 3 is 2.39 bits per heavy atom. The Morgan fingerprint density at radius 2 is 1.65 bits per heavy atom. The molecular formula is C27H27N3O. The number of aromatic nitrogens is 2. The molecule has 3 aromatic carbocycles. The van der Waals surface area contributed by atoms with Gasteiger partial charge in [-0.05, 0) is 62.1 Å². The van der Waals surface area contributed by atoms with Crippen molar-refractivity contribution in [2.45, 2.75) is 32.6 Å². The molecule has 1 heterocycles. The average molecular weight is 410 g/mol. The molecule has 1 aromatic heterocycles. The molecule has 1 N–H and O–H groups in total. The smallest absolute Gasteiger partial charge is 0.137 e. The predicted molar refractivity (Wildman–Crippen MR) is 127 cm³/mol. The van der Waals surface area contributed by atoms with Crippen LogP contribution in [0.1, 0.15) is 35.7 Å². The average Bonchev–Trinajstić information content (AvgIpc) is 3.62. The van der Waals surface area contributed by atoms with Crippen LogP contribution in [0.5, 0.6) is 5.75 Å². The van der Waals surface area contributed by atoms with Crippen LogP contribution < -0.4 is 10.1 Å². The van der Waals surface area contributed by atoms with Crippen LogP contribution in [0.25, 0.3) is 22.0 Å². The summed E-state index contributed by atoms with van der Waals surface area (Å²) in [5.74, 6) is 3.24. The van der Waals surface area contributed by atoms with E-state index in [1.165, 1.54) is 35.1 Å². The first kappa shape index (κ1) is 19.6. The summed E-state index contributed by atoms with van der Waals surface area (Å²) in [5, 5.41) is 4.56. The van der Waals surface area contributed by atoms with Gasteiger partial charge >= 0.3 is 0 Å². The van der Waals surface area contributed by atoms with Gasteiger partial charge in [0.25, 0.3) is 0 Å². The number of benzene rings is 3. The molecule has 0 atom stereocenters. The first-order chi connectivity index (χ1) is 15.2. The second kappa shape index (κ2) is 8.38. The van der Waals surface area contributed by atoms with Crippen LogP contribution >= 0.6 is 0 Å². The molecule has 0 saturated heterocycles. The van der Waals surface area contributed by atoms with Crippen molar-refractivity contribution < 1.29 is 4.74 Å². The van der Waals surface area contributed by atoms with Gasteiger partial charge < -0.3 is 10.1 Å². The maximum absolute atomic E-state index is 5.84. The van der Waals surface area contributed by atoms with Crippen LogP contribution in [0.3, 0.4) is 0 Å². The fraction of sp³-hybridized carbons (Fsp3) is 0.259. The van der Waals surface area contributed by atoms with Crippen molar-refractivity contribution in [1.82, 2.24) is 9.97 Å². The zero-order chi connectivity index (χ0) is 21.2. The van der Waals surface area contributed by atoms with E-state index in [4.69, 9.17) is 14.7 Å². The molecule has 0 spiro atoms. The number of hydrogen-bond donors (Lipinski definition) is 1. The minimum atomic E-state index is 0.504. The zero-order valence-corrected chi connectivity index (χ0v) is 18.1. The first-order valence-electron chi connectivity index (χ1n) is 11.0. The molecule has 0 radical (unpaired) electrons. The van der Waals surface area contributed by atoms with Crippen molar-refractivity contribution in [3.63, 3.8) is 0 Å². The Morgan fingerprint density at radius 1 is 0.871 bits per heavy atom. The normalized spacial score (nSPS) is 13.4. The molecule has 156 valence electrons. The summed E-state index contributed by atoms with van der Waals surface area (Å²) in [7, 11) is 0. The number of hydrogen-bond acceptors (Lipinski definition) is 4. The van der Waals surface area contributed by atoms with Gasteiger partial charge in [0.1, 0.15) is 24.0 Å². The zero-order valence-electron chi connectivity index (χ0n) is 18.1. The fourth-order valence-electron chi connectivity index (χ4n) is 3.98. The molecule has 0 amide bonds. The lowest BCUT2D eigenvalue weighted by atomic mass is 9.99. The van der Waals surface area contributed by atoms with E-state index in [9.17, 15) is 0 Å². The molecule has 1 fully saturated rings. The van der Waals surface area contributed by atoms with E-state index in [1.54, 1.807) is 0 Å². The van der Waals surface area contributed by atoms with Gasteiger partial charge in [0.2, 0.25) is 0 Å². The van der Waals surface area contributed by atoms with E-state index >= 15 is 0 Å². The standard InChI is InChI=1S/C27H27N3O/c1-18-14-19(2)16-22(15-18)21-10-11-25-24(17-21)27(30-26(29-25)20-8-9-20)28-12-13-31-23-6-4-3-5-7-23/h3-7,10-11,14-17,20H,8-9,12-13H2,1-2H3,(H,28,29,30). The molecule has 1 saturated carbocycles. The highest BCUT2D eigenvalue weighted by Crippen LogP contribution is 2.40. The Bertz CT molecular complexity index is 1200. The highest BCUT2D eigenvalue weighted by atomic mass is 16.5. The molecule has 1 aliphatic rings. The summed E-state index contributed by atoms with van der Waals surface area (Å²) in [6.45, 7) is 5.54. The third-order valence-corrected chi connectivity index (χ3v) is 5.62. The van der Waals surface area contributed by atoms with E-state index in [0.717, 1.165) is 28.3 Å². The Labute approximate surface area is 183 Å². The van der Waals surface area contributed by atoms with Crippen LogP contribution in [-0.4, -0.2) is 23.1 Å². The topological polar surface area (TPSA) is 47.0 Å². The van der Waals surface area contributed by atoms with Crippen LogP contribution in [0.15, 0.2) is 66.7 Å². The molecule has 31 heavy (non-hydrogen) atoms. The Hall–Kier alpha value is -3.40. The molecule has 4 aromatic rings. The van der Waals surface area contributed by atoms with E-state index in [0.29, 0.717) is 19.1 Å². The summed E-state index contributed by atoms with van der Waals surface area (Å²) in [4.78, 5) is 9.76. The lowest BCUT2D eigenvalue weighted by Crippen LogP contribution is -2.13. The van der Waals surface area contributed by atoms with Crippen molar-refractivity contribution in [2.75, 3.05) is 18.5 Å². The third kappa shape index (κ3) is 4.53. The SMILES string of the molecule is Cc1cc(C)cc(-c2ccc3nc(C4CC4)nc(NCCOc4ccccc4)c3c2)c1. The van der Waals surface area contributed by atoms with Gasteiger partial charge in [-0.1, -0.05) is 53.6 Å². The van der Waals surface area contributed by atoms with Crippen LogP contribution in [0, 0.1) is 13.8 Å². The van der Waals surface area contributed by atoms with E-state index in [1.807, 2.05) is 30.3 Å². The molecule has 5 rings (SSSR count). The van der Waals surface area contributed by atoms with Crippen molar-refractivity contribution in [3.8, 4) is 16.9 Å². The number of nitrogens with one attached hydrogen (secondary N) is 1. The van der Waals surface area contributed by atoms with Crippen LogP contribution in [-0.2, 0) is 0 Å². The number of ether oxygens (including phenoxy) is 1. The van der Waals surface area contributed by atoms with Gasteiger partial charge in [0.15, 0.2) is 0 Å². The number of anilines is 1. The highest BCUT2D eigenvalue weighted by molar-refractivity contribution is 5.93. The molecule has 1 aliphatic carbocycles. The highest BCUT2D eigenvalue weighted by Gasteiger charge is 2.27. The quantitative estimate of drug-likeness (QED) is 0.365. The van der Waals surface area contributed by atoms with E-state index in [2.05, 4.69) is 55.6 Å². The van der Waals surface area contributed by atoms with Gasteiger partial charge in [0.05, 0.1) is 12.1 Å². The second-order valence-corrected chi connectivity index (χ2v) is 8.40. The van der Waals surface area contributed by atoms with Gasteiger partial charge in [-0.25, -0.2) is 9.97 Å². The number of nitrogens with zero attached hydrogens (tertiary/aromatic N) is 2. The first-order valence-corrected chi connectivity index (χ1v) is 11.0. The summed E-state index contributed by atoms with van der Waals surface area (Å²) in [5.41, 5.74) is 5.95. The maximum atomic E-state index is 5.84. The lowest BCUT2D eigenvalue weighted by molar-refractivity contribution is 0.333. The van der Waals surface area contributed by atoms with E-state index < -0.39 is 0 Å². The van der Waals surface area contributed by atoms with Crippen LogP contribution in [0.2, 0.25) is 0 Å². The fourth-order valence-corrected chi connectivity index (χ4v) is 3.98. The summed E-state index contributed by atoms with van der Waals surface area (Å²) in [6, 6.07) is 23.1. The third-order valence-electron chi connectivity index (χ3n) is 5.62. The number of rotatable bonds is 7. The van der Waals surface area contributed by atoms with Crippen LogP contribution in [0.4, 0.5) is 5.82 Å². The van der Waals surface area contributed by atoms with Gasteiger partial charge in [-0.2, -0.15) is 0 Å². The van der Waals surface area contributed by atoms with Crippen molar-refractivity contribution in [1.29, 1.82) is 0 Å². The van der Waals surface area contributed by atoms with Crippen molar-refractivity contribution in [3.05, 3.63) is 83.7 Å². The van der Waals surface area contributed by atoms with E-state index in [-0.39, 0.29) is 0 Å². The monoisotopic (exact) mass is 409 g/mol. The second-order valence-electron chi connectivity index (χ2n) is 8.40. The molecular weight excluding hydrogens is 382 g/mol. The molecule has 4 nitrogen and oxygen atoms in total. The molecule has 0 bridgehead atoms. The maximum Gasteiger partial charge on any atom is 0.137 e.